The molecule has 0 bridgehead atoms. The first-order valence-electron chi connectivity index (χ1n) is 9.26. The number of anilines is 1. The van der Waals surface area contributed by atoms with Crippen LogP contribution in [0, 0.1) is 6.92 Å². The molecule has 0 aliphatic rings. The van der Waals surface area contributed by atoms with Gasteiger partial charge in [0.15, 0.2) is 10.9 Å². The molecule has 4 rings (SSSR count). The van der Waals surface area contributed by atoms with E-state index in [0.717, 1.165) is 11.1 Å². The van der Waals surface area contributed by atoms with Crippen molar-refractivity contribution in [3.05, 3.63) is 59.7 Å². The van der Waals surface area contributed by atoms with Gasteiger partial charge < -0.3 is 10.3 Å². The third kappa shape index (κ3) is 4.29. The van der Waals surface area contributed by atoms with Crippen LogP contribution < -0.4 is 16.6 Å². The summed E-state index contributed by atoms with van der Waals surface area (Å²) in [5.41, 5.74) is 14.1. The second-order valence-electron chi connectivity index (χ2n) is 6.71. The predicted molar refractivity (Wildman–Crippen MR) is 115 cm³/mol. The molecular weight excluding hydrogens is 434 g/mol. The fourth-order valence-corrected chi connectivity index (χ4v) is 3.55. The average molecular weight is 453 g/mol. The first-order valence-corrected chi connectivity index (χ1v) is 10.2. The molecule has 0 fully saturated rings. The summed E-state index contributed by atoms with van der Waals surface area (Å²) in [4.78, 5) is 12.9. The zero-order chi connectivity index (χ0) is 22.7. The predicted octanol–water partition coefficient (Wildman–Crippen LogP) is 0.867. The minimum atomic E-state index is -0.520. The van der Waals surface area contributed by atoms with E-state index in [1.165, 1.54) is 16.4 Å². The lowest BCUT2D eigenvalue weighted by Gasteiger charge is -2.11. The third-order valence-electron chi connectivity index (χ3n) is 4.41. The molecule has 3 heterocycles. The Bertz CT molecular complexity index is 1260. The van der Waals surface area contributed by atoms with Crippen molar-refractivity contribution >= 4 is 29.2 Å². The molecule has 0 aliphatic heterocycles. The lowest BCUT2D eigenvalue weighted by molar-refractivity contribution is 0.0936. The number of carbonyl (C=O) groups is 1. The average Bonchev–Trinajstić information content (AvgIpc) is 3.50. The third-order valence-corrected chi connectivity index (χ3v) is 5.45. The molecule has 0 aliphatic carbocycles. The number of rotatable bonds is 8. The summed E-state index contributed by atoms with van der Waals surface area (Å²) >= 11 is 1.33. The molecule has 32 heavy (non-hydrogen) atoms. The maximum Gasteiger partial charge on any atom is 0.292 e. The van der Waals surface area contributed by atoms with E-state index in [0.29, 0.717) is 16.5 Å². The Morgan fingerprint density at radius 2 is 2.00 bits per heavy atom. The largest absolute Gasteiger partial charge is 0.378 e. The summed E-state index contributed by atoms with van der Waals surface area (Å²) in [6, 6.07) is 7.70. The first-order chi connectivity index (χ1) is 15.4. The highest BCUT2D eigenvalue weighted by Crippen LogP contribution is 2.24. The highest BCUT2D eigenvalue weighted by atomic mass is 32.2. The Kier molecular flexibility index (Phi) is 5.85. The number of benzene rings is 1. The van der Waals surface area contributed by atoms with Crippen LogP contribution in [0.1, 0.15) is 27.3 Å². The molecule has 0 saturated heterocycles. The van der Waals surface area contributed by atoms with Crippen molar-refractivity contribution in [2.45, 2.75) is 17.8 Å². The van der Waals surface area contributed by atoms with Gasteiger partial charge in [0, 0.05) is 12.8 Å². The summed E-state index contributed by atoms with van der Waals surface area (Å²) in [5, 5.41) is 23.8. The zero-order valence-corrected chi connectivity index (χ0v) is 18.0. The molecule has 0 saturated carbocycles. The van der Waals surface area contributed by atoms with Crippen LogP contribution in [-0.4, -0.2) is 46.0 Å². The van der Waals surface area contributed by atoms with E-state index >= 15 is 0 Å². The van der Waals surface area contributed by atoms with E-state index in [2.05, 4.69) is 52.9 Å². The summed E-state index contributed by atoms with van der Waals surface area (Å²) in [5.74, 6) is -0.110. The molecule has 4 aromatic rings. The number of aryl methyl sites for hydroxylation is 2. The van der Waals surface area contributed by atoms with E-state index < -0.39 is 5.91 Å². The highest BCUT2D eigenvalue weighted by Gasteiger charge is 2.24. The Labute approximate surface area is 186 Å². The number of hydrogen-bond acceptors (Lipinski definition) is 11. The summed E-state index contributed by atoms with van der Waals surface area (Å²) < 4.78 is 7.71. The number of nitrogens with zero attached hydrogens (tertiary/aromatic N) is 8. The monoisotopic (exact) mass is 453 g/mol. The number of nitrogens with one attached hydrogen (secondary N) is 2. The molecule has 1 amide bonds. The minimum Gasteiger partial charge on any atom is -0.378 e. The van der Waals surface area contributed by atoms with Gasteiger partial charge in [-0.1, -0.05) is 53.4 Å². The molecule has 164 valence electrons. The molecule has 0 radical (unpaired) electrons. The fraction of sp³-hybridized carbons (Fsp3) is 0.167. The fourth-order valence-electron chi connectivity index (χ4n) is 2.67. The Morgan fingerprint density at radius 1 is 1.22 bits per heavy atom. The normalized spacial score (nSPS) is 10.8. The summed E-state index contributed by atoms with van der Waals surface area (Å²) in [6.45, 7) is 5.93. The van der Waals surface area contributed by atoms with Crippen molar-refractivity contribution in [3.8, 4) is 5.82 Å². The highest BCUT2D eigenvalue weighted by molar-refractivity contribution is 7.98. The van der Waals surface area contributed by atoms with E-state index in [-0.39, 0.29) is 23.1 Å². The Hall–Kier alpha value is -4.20. The zero-order valence-electron chi connectivity index (χ0n) is 17.2. The topological polar surface area (TPSA) is 167 Å². The van der Waals surface area contributed by atoms with Crippen molar-refractivity contribution in [1.29, 1.82) is 0 Å². The van der Waals surface area contributed by atoms with Crippen LogP contribution in [0.3, 0.4) is 0 Å². The van der Waals surface area contributed by atoms with Crippen LogP contribution in [0.5, 0.6) is 0 Å². The van der Waals surface area contributed by atoms with Gasteiger partial charge in [0.05, 0.1) is 11.4 Å². The quantitative estimate of drug-likeness (QED) is 0.256. The van der Waals surface area contributed by atoms with E-state index in [1.807, 2.05) is 38.2 Å². The number of hydrogen-bond donors (Lipinski definition) is 3. The second kappa shape index (κ2) is 8.89. The van der Waals surface area contributed by atoms with Crippen molar-refractivity contribution < 1.29 is 9.42 Å². The molecule has 14 heteroatoms. The Balaban J connectivity index is 1.55. The van der Waals surface area contributed by atoms with Crippen LogP contribution in [0.4, 0.5) is 5.82 Å². The molecule has 3 aromatic heterocycles. The molecule has 1 aromatic carbocycles. The van der Waals surface area contributed by atoms with Crippen molar-refractivity contribution in [2.24, 2.45) is 7.05 Å². The van der Waals surface area contributed by atoms with Gasteiger partial charge in [0.2, 0.25) is 11.6 Å². The van der Waals surface area contributed by atoms with Gasteiger partial charge in [-0.25, -0.2) is 4.63 Å². The van der Waals surface area contributed by atoms with Crippen LogP contribution in [0.25, 0.3) is 11.5 Å². The van der Waals surface area contributed by atoms with Crippen LogP contribution in [-0.2, 0) is 12.8 Å². The maximum atomic E-state index is 12.9. The van der Waals surface area contributed by atoms with Gasteiger partial charge in [-0.05, 0) is 22.8 Å². The molecule has 13 nitrogen and oxygen atoms in total. The SMILES string of the molecule is C=C(NNC(=O)c1nnn(-c2nonc2N)c1CSc1nncn1C)c1ccc(C)cc1. The van der Waals surface area contributed by atoms with Crippen LogP contribution in [0.15, 0.2) is 47.0 Å². The Morgan fingerprint density at radius 3 is 2.66 bits per heavy atom. The van der Waals surface area contributed by atoms with Gasteiger partial charge in [0.1, 0.15) is 6.33 Å². The van der Waals surface area contributed by atoms with E-state index in [9.17, 15) is 4.79 Å². The van der Waals surface area contributed by atoms with Crippen LogP contribution >= 0.6 is 11.8 Å². The van der Waals surface area contributed by atoms with Gasteiger partial charge in [-0.15, -0.1) is 15.3 Å². The van der Waals surface area contributed by atoms with E-state index in [4.69, 9.17) is 5.73 Å². The second-order valence-corrected chi connectivity index (χ2v) is 7.65. The maximum absolute atomic E-state index is 12.9. The van der Waals surface area contributed by atoms with Crippen molar-refractivity contribution in [2.75, 3.05) is 5.73 Å². The number of carbonyl (C=O) groups excluding carboxylic acids is 1. The molecule has 4 N–H and O–H groups in total. The van der Waals surface area contributed by atoms with Gasteiger partial charge in [-0.2, -0.15) is 4.68 Å². The number of amides is 1. The molecule has 0 unspecified atom stereocenters. The number of hydrazine groups is 1. The molecule has 0 spiro atoms. The summed E-state index contributed by atoms with van der Waals surface area (Å²) in [7, 11) is 1.81. The van der Waals surface area contributed by atoms with Crippen molar-refractivity contribution in [1.82, 2.24) is 50.9 Å². The van der Waals surface area contributed by atoms with Crippen LogP contribution in [0.2, 0.25) is 0 Å². The molecular formula is C18H19N11O2S. The lowest BCUT2D eigenvalue weighted by atomic mass is 10.1. The summed E-state index contributed by atoms with van der Waals surface area (Å²) in [6.07, 6.45) is 1.58. The first kappa shape index (κ1) is 21.0. The lowest BCUT2D eigenvalue weighted by Crippen LogP contribution is -2.36. The van der Waals surface area contributed by atoms with Crippen molar-refractivity contribution in [3.63, 3.8) is 0 Å². The van der Waals surface area contributed by atoms with Gasteiger partial charge in [0.25, 0.3) is 5.91 Å². The number of aromatic nitrogens is 8. The standard InChI is InChI=1S/C18H19N11O2S/c1-10-4-6-12(7-5-10)11(2)21-23-17(30)14-13(8-32-18-24-20-9-28(18)3)29(27-22-14)16-15(19)25-31-26-16/h4-7,9,21H,2,8H2,1,3H3,(H2,19,25)(H,23,30). The van der Waals surface area contributed by atoms with E-state index in [1.54, 1.807) is 10.9 Å². The van der Waals surface area contributed by atoms with Gasteiger partial charge in [-0.3, -0.25) is 15.6 Å². The number of nitrogen functional groups attached to an aromatic ring is 1. The number of nitrogens with two attached hydrogens (primary N) is 1. The number of thioether (sulfide) groups is 1. The van der Waals surface area contributed by atoms with Gasteiger partial charge >= 0.3 is 0 Å². The molecule has 0 atom stereocenters. The minimum absolute atomic E-state index is 0.0117. The smallest absolute Gasteiger partial charge is 0.292 e.